The lowest BCUT2D eigenvalue weighted by Gasteiger charge is -2.43. The fraction of sp³-hybridized carbons (Fsp3) is 0.362. The molecule has 0 saturated carbocycles. The number of sulfonamides is 1. The number of nitro benzene ring substituents is 1. The number of hydrogen-bond acceptors (Lipinski definition) is 12. The highest BCUT2D eigenvalue weighted by Crippen LogP contribution is 2.44. The number of aliphatic hydroxyl groups excluding tert-OH is 1. The number of H-pyrrole nitrogens is 1. The fourth-order valence-corrected chi connectivity index (χ4v) is 9.36. The number of hydrogen-bond donors (Lipinski definition) is 4. The maximum Gasteiger partial charge on any atom is 0.296 e. The van der Waals surface area contributed by atoms with Crippen molar-refractivity contribution in [3.05, 3.63) is 128 Å². The van der Waals surface area contributed by atoms with Gasteiger partial charge in [-0.3, -0.25) is 19.8 Å². The molecule has 1 fully saturated rings. The number of benzene rings is 3. The van der Waals surface area contributed by atoms with Gasteiger partial charge in [-0.05, 0) is 97.7 Å². The minimum absolute atomic E-state index is 0.0315. The van der Waals surface area contributed by atoms with Gasteiger partial charge in [0, 0.05) is 73.2 Å². The van der Waals surface area contributed by atoms with Crippen LogP contribution in [0.3, 0.4) is 0 Å². The van der Waals surface area contributed by atoms with Gasteiger partial charge < -0.3 is 29.8 Å². The number of halogens is 2. The van der Waals surface area contributed by atoms with Crippen molar-refractivity contribution in [3.8, 4) is 11.5 Å². The smallest absolute Gasteiger partial charge is 0.296 e. The number of pyridine rings is 1. The molecule has 15 nitrogen and oxygen atoms in total. The summed E-state index contributed by atoms with van der Waals surface area (Å²) in [7, 11) is -4.88. The van der Waals surface area contributed by atoms with Crippen LogP contribution >= 0.6 is 11.6 Å². The zero-order valence-electron chi connectivity index (χ0n) is 36.7. The Balaban J connectivity index is 1.12. The summed E-state index contributed by atoms with van der Waals surface area (Å²) in [5, 5.41) is 25.2. The van der Waals surface area contributed by atoms with Crippen LogP contribution in [0.15, 0.2) is 101 Å². The van der Waals surface area contributed by atoms with Gasteiger partial charge in [0.2, 0.25) is 0 Å². The number of nitro groups is 1. The van der Waals surface area contributed by atoms with E-state index < -0.39 is 42.9 Å². The predicted molar refractivity (Wildman–Crippen MR) is 250 cm³/mol. The van der Waals surface area contributed by atoms with Crippen molar-refractivity contribution >= 4 is 61.2 Å². The minimum Gasteiger partial charge on any atom is -0.455 e. The summed E-state index contributed by atoms with van der Waals surface area (Å²) in [6.45, 7) is 11.3. The summed E-state index contributed by atoms with van der Waals surface area (Å²) in [4.78, 5) is 36.4. The third kappa shape index (κ3) is 11.3. The highest BCUT2D eigenvalue weighted by Gasteiger charge is 2.32. The molecule has 3 aromatic carbocycles. The summed E-state index contributed by atoms with van der Waals surface area (Å²) in [6, 6.07) is 17.9. The van der Waals surface area contributed by atoms with E-state index in [4.69, 9.17) is 26.2 Å². The first-order chi connectivity index (χ1) is 31.0. The number of ether oxygens (including phenoxy) is 2. The maximum absolute atomic E-state index is 15.6. The average Bonchev–Trinajstić information content (AvgIpc) is 3.74. The number of carbonyl (C=O) groups is 1. The van der Waals surface area contributed by atoms with E-state index in [0.717, 1.165) is 43.4 Å². The number of allylic oxidation sites excluding steroid dienone is 2. The molecular weight excluding hydrogens is 877 g/mol. The van der Waals surface area contributed by atoms with E-state index in [2.05, 4.69) is 58.0 Å². The lowest BCUT2D eigenvalue weighted by atomic mass is 9.72. The van der Waals surface area contributed by atoms with Crippen molar-refractivity contribution in [2.45, 2.75) is 57.9 Å². The van der Waals surface area contributed by atoms with E-state index in [-0.39, 0.29) is 54.9 Å². The van der Waals surface area contributed by atoms with Crippen molar-refractivity contribution in [3.63, 3.8) is 0 Å². The molecule has 5 aromatic rings. The van der Waals surface area contributed by atoms with Gasteiger partial charge in [-0.2, -0.15) is 0 Å². The molecule has 0 spiro atoms. The molecule has 65 heavy (non-hydrogen) atoms. The molecule has 1 atom stereocenters. The molecule has 2 aliphatic rings. The van der Waals surface area contributed by atoms with Gasteiger partial charge in [0.15, 0.2) is 5.82 Å². The second-order valence-corrected chi connectivity index (χ2v) is 19.3. The summed E-state index contributed by atoms with van der Waals surface area (Å²) in [5.74, 6) is -2.02. The molecule has 344 valence electrons. The summed E-state index contributed by atoms with van der Waals surface area (Å²) < 4.78 is 56.5. The van der Waals surface area contributed by atoms with Crippen molar-refractivity contribution in [2.24, 2.45) is 5.41 Å². The number of nitrogens with one attached hydrogen (secondary N) is 3. The Labute approximate surface area is 382 Å². The van der Waals surface area contributed by atoms with Crippen LogP contribution in [0.4, 0.5) is 21.5 Å². The third-order valence-corrected chi connectivity index (χ3v) is 13.5. The van der Waals surface area contributed by atoms with E-state index in [1.807, 2.05) is 22.9 Å². The number of anilines is 2. The molecule has 3 heterocycles. The molecule has 1 aliphatic heterocycles. The molecule has 0 unspecified atom stereocenters. The summed E-state index contributed by atoms with van der Waals surface area (Å²) in [5.41, 5.74) is 4.60. The summed E-state index contributed by atoms with van der Waals surface area (Å²) in [6.07, 6.45) is 7.96. The molecule has 1 amide bonds. The number of fused-ring (bicyclic) bond motifs is 1. The first-order valence-corrected chi connectivity index (χ1v) is 23.2. The topological polar surface area (TPSA) is 192 Å². The van der Waals surface area contributed by atoms with Gasteiger partial charge in [0.05, 0.1) is 41.4 Å². The van der Waals surface area contributed by atoms with E-state index in [1.54, 1.807) is 37.4 Å². The molecule has 1 aliphatic carbocycles. The minimum atomic E-state index is -4.88. The second-order valence-electron chi connectivity index (χ2n) is 17.1. The highest BCUT2D eigenvalue weighted by molar-refractivity contribution is 7.90. The van der Waals surface area contributed by atoms with Gasteiger partial charge in [-0.15, -0.1) is 0 Å². The Morgan fingerprint density at radius 2 is 1.92 bits per heavy atom. The largest absolute Gasteiger partial charge is 0.455 e. The van der Waals surface area contributed by atoms with Crippen LogP contribution in [0.5, 0.6) is 11.5 Å². The van der Waals surface area contributed by atoms with Crippen LogP contribution in [-0.4, -0.2) is 97.8 Å². The normalized spacial score (nSPS) is 17.1. The van der Waals surface area contributed by atoms with Crippen molar-refractivity contribution in [2.75, 3.05) is 62.8 Å². The van der Waals surface area contributed by atoms with Crippen LogP contribution < -0.4 is 19.7 Å². The Morgan fingerprint density at radius 3 is 2.65 bits per heavy atom. The number of piperazine rings is 1. The quantitative estimate of drug-likeness (QED) is 0.0301. The monoisotopic (exact) mass is 929 g/mol. The summed E-state index contributed by atoms with van der Waals surface area (Å²) >= 11 is 6.25. The van der Waals surface area contributed by atoms with Gasteiger partial charge in [0.25, 0.3) is 21.6 Å². The second kappa shape index (κ2) is 20.1. The Kier molecular flexibility index (Phi) is 14.6. The maximum atomic E-state index is 15.6. The SMILES string of the molecule is C/C=C(/CNc1c(F)cc(S(=O)(=O)NC(=O)c2ccc(N3CCN(CC4=C(c5ccc(Cl)cc5)CC(C)(C)CC4)[C@@H](C)C3)cc2Oc2cnc3[nH]ccc3c2)cc1[N+](=O)[O-])COCCO. The van der Waals surface area contributed by atoms with Gasteiger partial charge in [0.1, 0.15) is 22.8 Å². The number of carbonyl (C=O) groups excluding carboxylic acids is 1. The van der Waals surface area contributed by atoms with E-state index in [1.165, 1.54) is 29.0 Å². The molecular formula is C47H53ClFN7O8S. The number of aliphatic hydroxyl groups is 1. The zero-order chi connectivity index (χ0) is 46.5. The number of aromatic nitrogens is 2. The number of rotatable bonds is 17. The van der Waals surface area contributed by atoms with Crippen LogP contribution in [0.25, 0.3) is 16.6 Å². The van der Waals surface area contributed by atoms with E-state index >= 15 is 4.39 Å². The van der Waals surface area contributed by atoms with E-state index in [9.17, 15) is 23.3 Å². The van der Waals surface area contributed by atoms with E-state index in [0.29, 0.717) is 41.5 Å². The van der Waals surface area contributed by atoms with Gasteiger partial charge >= 0.3 is 0 Å². The number of aromatic amines is 1. The average molecular weight is 930 g/mol. The predicted octanol–water partition coefficient (Wildman–Crippen LogP) is 8.72. The third-order valence-electron chi connectivity index (χ3n) is 11.9. The molecule has 0 radical (unpaired) electrons. The lowest BCUT2D eigenvalue weighted by Crippen LogP contribution is -2.52. The standard InChI is InChI=1S/C47H53ClFN7O8S/c1-5-31(29-63-19-18-57)25-51-44-41(49)22-38(23-42(44)56(59)60)65(61,62)53-46(58)39-11-10-36(21-43(39)64-37-20-33-13-15-50-45(33)52-26-37)55-17-16-54(30(2)27-55)28-34-12-14-47(3,4)24-40(34)32-6-8-35(48)9-7-32/h5-11,13,15,20-23,26,30,51,57H,12,14,16-19,24-25,27-29H2,1-4H3,(H,50,52)(H,53,58)/b31-5-/t30-/m0/s1. The number of amides is 1. The van der Waals surface area contributed by atoms with Crippen LogP contribution in [0.2, 0.25) is 5.02 Å². The molecule has 4 N–H and O–H groups in total. The Bertz CT molecular complexity index is 2740. The zero-order valence-corrected chi connectivity index (χ0v) is 38.3. The Hall–Kier alpha value is -5.85. The lowest BCUT2D eigenvalue weighted by molar-refractivity contribution is -0.384. The first kappa shape index (κ1) is 47.1. The highest BCUT2D eigenvalue weighted by atomic mass is 35.5. The first-order valence-electron chi connectivity index (χ1n) is 21.4. The molecule has 18 heteroatoms. The molecule has 0 bridgehead atoms. The number of nitrogens with zero attached hydrogens (tertiary/aromatic N) is 4. The van der Waals surface area contributed by atoms with Crippen LogP contribution in [-0.2, 0) is 14.8 Å². The van der Waals surface area contributed by atoms with Crippen LogP contribution in [0.1, 0.15) is 62.9 Å². The fourth-order valence-electron chi connectivity index (χ4n) is 8.24. The molecule has 7 rings (SSSR count). The molecule has 2 aromatic heterocycles. The van der Waals surface area contributed by atoms with Gasteiger partial charge in [-0.1, -0.05) is 49.2 Å². The van der Waals surface area contributed by atoms with Crippen molar-refractivity contribution in [1.82, 2.24) is 19.6 Å². The van der Waals surface area contributed by atoms with Crippen molar-refractivity contribution in [1.29, 1.82) is 0 Å². The van der Waals surface area contributed by atoms with Crippen LogP contribution in [0, 0.1) is 21.3 Å². The van der Waals surface area contributed by atoms with Gasteiger partial charge in [-0.25, -0.2) is 22.5 Å². The van der Waals surface area contributed by atoms with Crippen molar-refractivity contribution < 1.29 is 37.1 Å². The Morgan fingerprint density at radius 1 is 1.14 bits per heavy atom. The molecule has 1 saturated heterocycles.